The van der Waals surface area contributed by atoms with E-state index in [1.807, 2.05) is 42.3 Å². The van der Waals surface area contributed by atoms with Gasteiger partial charge in [0.05, 0.1) is 5.52 Å². The molecular formula is C23H26N8O2. The second-order valence-corrected chi connectivity index (χ2v) is 8.05. The highest BCUT2D eigenvalue weighted by atomic mass is 16.2. The molecule has 0 aliphatic heterocycles. The number of rotatable bonds is 7. The van der Waals surface area contributed by atoms with Crippen molar-refractivity contribution in [3.63, 3.8) is 0 Å². The molecule has 170 valence electrons. The Morgan fingerprint density at radius 2 is 2.09 bits per heavy atom. The van der Waals surface area contributed by atoms with Gasteiger partial charge in [0, 0.05) is 36.4 Å². The van der Waals surface area contributed by atoms with E-state index >= 15 is 0 Å². The van der Waals surface area contributed by atoms with Gasteiger partial charge in [0.1, 0.15) is 0 Å². The van der Waals surface area contributed by atoms with Crippen LogP contribution in [0.2, 0.25) is 0 Å². The molecule has 1 unspecified atom stereocenters. The van der Waals surface area contributed by atoms with Crippen LogP contribution >= 0.6 is 0 Å². The maximum absolute atomic E-state index is 11.9. The number of hydrogen-bond acceptors (Lipinski definition) is 8. The average Bonchev–Trinajstić information content (AvgIpc) is 2.83. The van der Waals surface area contributed by atoms with Crippen LogP contribution in [0.25, 0.3) is 10.9 Å². The summed E-state index contributed by atoms with van der Waals surface area (Å²) in [6.45, 7) is 3.51. The molecule has 4 N–H and O–H groups in total. The number of benzene rings is 1. The van der Waals surface area contributed by atoms with E-state index in [-0.39, 0.29) is 29.5 Å². The first kappa shape index (κ1) is 22.1. The van der Waals surface area contributed by atoms with Crippen molar-refractivity contribution in [2.24, 2.45) is 5.73 Å². The van der Waals surface area contributed by atoms with Gasteiger partial charge in [-0.05, 0) is 56.0 Å². The number of fused-ring (bicyclic) bond motifs is 1. The van der Waals surface area contributed by atoms with Gasteiger partial charge < -0.3 is 21.3 Å². The lowest BCUT2D eigenvalue weighted by Crippen LogP contribution is -2.45. The van der Waals surface area contributed by atoms with Crippen molar-refractivity contribution >= 4 is 40.2 Å². The van der Waals surface area contributed by atoms with Crippen LogP contribution in [0.15, 0.2) is 49.2 Å². The Kier molecular flexibility index (Phi) is 6.43. The van der Waals surface area contributed by atoms with Gasteiger partial charge in [-0.15, -0.1) is 10.2 Å². The van der Waals surface area contributed by atoms with Gasteiger partial charge in [0.15, 0.2) is 11.5 Å². The number of pyridine rings is 1. The van der Waals surface area contributed by atoms with Crippen LogP contribution in [0.1, 0.15) is 36.2 Å². The molecule has 1 saturated carbocycles. The fourth-order valence-electron chi connectivity index (χ4n) is 4.08. The van der Waals surface area contributed by atoms with Crippen molar-refractivity contribution in [3.05, 3.63) is 54.9 Å². The summed E-state index contributed by atoms with van der Waals surface area (Å²) >= 11 is 0. The minimum atomic E-state index is -0.723. The first-order chi connectivity index (χ1) is 15.9. The zero-order valence-corrected chi connectivity index (χ0v) is 18.4. The molecule has 2 aromatic heterocycles. The minimum Gasteiger partial charge on any atom is -0.364 e. The molecule has 2 atom stereocenters. The smallest absolute Gasteiger partial charge is 0.273 e. The van der Waals surface area contributed by atoms with Gasteiger partial charge in [-0.2, -0.15) is 4.98 Å². The van der Waals surface area contributed by atoms with E-state index in [4.69, 9.17) is 5.73 Å². The topological polar surface area (TPSA) is 139 Å². The van der Waals surface area contributed by atoms with Gasteiger partial charge in [-0.1, -0.05) is 12.6 Å². The number of nitrogens with one attached hydrogen (secondary N) is 2. The normalized spacial score (nSPS) is 17.8. The molecule has 2 amide bonds. The van der Waals surface area contributed by atoms with Crippen LogP contribution in [0.3, 0.4) is 0 Å². The molecule has 0 bridgehead atoms. The fraction of sp³-hybridized carbons (Fsp3) is 0.304. The number of nitrogens with zero attached hydrogens (tertiary/aromatic N) is 5. The summed E-state index contributed by atoms with van der Waals surface area (Å²) in [4.78, 5) is 34.5. The van der Waals surface area contributed by atoms with Gasteiger partial charge in [0.25, 0.3) is 5.91 Å². The third-order valence-electron chi connectivity index (χ3n) is 5.82. The van der Waals surface area contributed by atoms with E-state index in [0.29, 0.717) is 5.95 Å². The van der Waals surface area contributed by atoms with Crippen molar-refractivity contribution in [1.29, 1.82) is 0 Å². The zero-order valence-electron chi connectivity index (χ0n) is 18.4. The van der Waals surface area contributed by atoms with E-state index in [2.05, 4.69) is 37.4 Å². The highest BCUT2D eigenvalue weighted by molar-refractivity contribution is 5.96. The third-order valence-corrected chi connectivity index (χ3v) is 5.82. The predicted octanol–water partition coefficient (Wildman–Crippen LogP) is 2.31. The van der Waals surface area contributed by atoms with Crippen molar-refractivity contribution in [2.75, 3.05) is 17.3 Å². The minimum absolute atomic E-state index is 0.0433. The molecular weight excluding hydrogens is 420 g/mol. The quantitative estimate of drug-likeness (QED) is 0.470. The Morgan fingerprint density at radius 1 is 1.24 bits per heavy atom. The molecule has 1 aliphatic carbocycles. The predicted molar refractivity (Wildman–Crippen MR) is 126 cm³/mol. The molecule has 1 aromatic carbocycles. The van der Waals surface area contributed by atoms with E-state index in [1.165, 1.54) is 6.08 Å². The summed E-state index contributed by atoms with van der Waals surface area (Å²) < 4.78 is 0. The van der Waals surface area contributed by atoms with Crippen LogP contribution in [-0.4, -0.2) is 51.1 Å². The fourth-order valence-corrected chi connectivity index (χ4v) is 4.08. The number of nitrogens with two attached hydrogens (primary N) is 1. The molecule has 1 fully saturated rings. The third kappa shape index (κ3) is 5.05. The van der Waals surface area contributed by atoms with E-state index in [9.17, 15) is 9.59 Å². The Hall–Kier alpha value is -4.08. The maximum Gasteiger partial charge on any atom is 0.273 e. The van der Waals surface area contributed by atoms with Crippen LogP contribution in [0.4, 0.5) is 17.5 Å². The van der Waals surface area contributed by atoms with Crippen LogP contribution in [0, 0.1) is 0 Å². The molecule has 4 rings (SSSR count). The summed E-state index contributed by atoms with van der Waals surface area (Å²) in [6, 6.07) is 9.60. The monoisotopic (exact) mass is 446 g/mol. The summed E-state index contributed by atoms with van der Waals surface area (Å²) in [5.41, 5.74) is 7.04. The number of anilines is 3. The Balaban J connectivity index is 1.58. The number of carbonyl (C=O) groups is 2. The molecule has 0 saturated heterocycles. The molecule has 33 heavy (non-hydrogen) atoms. The average molecular weight is 447 g/mol. The number of aromatic nitrogens is 4. The van der Waals surface area contributed by atoms with E-state index in [0.717, 1.165) is 42.3 Å². The molecule has 1 aliphatic rings. The lowest BCUT2D eigenvalue weighted by atomic mass is 9.90. The first-order valence-electron chi connectivity index (χ1n) is 10.8. The Labute approximate surface area is 191 Å². The Bertz CT molecular complexity index is 1200. The van der Waals surface area contributed by atoms with E-state index < -0.39 is 5.91 Å². The summed E-state index contributed by atoms with van der Waals surface area (Å²) in [5, 5.41) is 15.2. The van der Waals surface area contributed by atoms with Gasteiger partial charge >= 0.3 is 0 Å². The first-order valence-corrected chi connectivity index (χ1v) is 10.8. The molecule has 10 nitrogen and oxygen atoms in total. The van der Waals surface area contributed by atoms with Crippen molar-refractivity contribution in [3.8, 4) is 0 Å². The second kappa shape index (κ2) is 9.60. The maximum atomic E-state index is 11.9. The molecule has 10 heteroatoms. The molecule has 0 radical (unpaired) electrons. The number of hydrogen-bond donors (Lipinski definition) is 3. The number of carbonyl (C=O) groups excluding carboxylic acids is 2. The molecule has 0 spiro atoms. The lowest BCUT2D eigenvalue weighted by molar-refractivity contribution is -0.117. The molecule has 3 aromatic rings. The second-order valence-electron chi connectivity index (χ2n) is 8.05. The number of primary amides is 1. The molecule has 2 heterocycles. The number of amides is 2. The standard InChI is InChI=1S/C23H26N8O2/c1-3-19(32)26-15-7-4-8-17(13-15)31(2)23-28-22(20(21(24)33)29-30-23)27-16-9-10-18-14(12-16)6-5-11-25-18/h3,5-6,9-12,15,17H,1,4,7-8,13H2,2H3,(H2,24,33)(H,26,32)(H,27,28,30)/t15?,17-/m1/s1. The highest BCUT2D eigenvalue weighted by Gasteiger charge is 2.28. The lowest BCUT2D eigenvalue weighted by Gasteiger charge is -2.35. The van der Waals surface area contributed by atoms with Crippen LogP contribution in [-0.2, 0) is 4.79 Å². The van der Waals surface area contributed by atoms with Gasteiger partial charge in [-0.3, -0.25) is 14.6 Å². The summed E-state index contributed by atoms with van der Waals surface area (Å²) in [5.74, 6) is -0.302. The van der Waals surface area contributed by atoms with Gasteiger partial charge in [-0.25, -0.2) is 0 Å². The van der Waals surface area contributed by atoms with Crippen LogP contribution < -0.4 is 21.3 Å². The van der Waals surface area contributed by atoms with Crippen molar-refractivity contribution < 1.29 is 9.59 Å². The van der Waals surface area contributed by atoms with Crippen LogP contribution in [0.5, 0.6) is 0 Å². The Morgan fingerprint density at radius 3 is 2.88 bits per heavy atom. The zero-order chi connectivity index (χ0) is 23.4. The summed E-state index contributed by atoms with van der Waals surface area (Å²) in [7, 11) is 1.88. The van der Waals surface area contributed by atoms with Crippen molar-refractivity contribution in [2.45, 2.75) is 37.8 Å². The van der Waals surface area contributed by atoms with Crippen molar-refractivity contribution in [1.82, 2.24) is 25.5 Å². The SMILES string of the molecule is C=CC(=O)NC1CCC[C@@H](N(C)c2nnc(C(N)=O)c(Nc3ccc4ncccc4c3)n2)C1. The largest absolute Gasteiger partial charge is 0.364 e. The summed E-state index contributed by atoms with van der Waals surface area (Å²) in [6.07, 6.45) is 6.56. The van der Waals surface area contributed by atoms with Gasteiger partial charge in [0.2, 0.25) is 11.9 Å². The van der Waals surface area contributed by atoms with E-state index in [1.54, 1.807) is 6.20 Å². The highest BCUT2D eigenvalue weighted by Crippen LogP contribution is 2.27.